The summed E-state index contributed by atoms with van der Waals surface area (Å²) in [6, 6.07) is 15.5. The predicted molar refractivity (Wildman–Crippen MR) is 108 cm³/mol. The molecule has 0 atom stereocenters. The fourth-order valence-corrected chi connectivity index (χ4v) is 4.02. The molecule has 0 saturated heterocycles. The van der Waals surface area contributed by atoms with E-state index in [9.17, 15) is 4.39 Å². The van der Waals surface area contributed by atoms with E-state index in [4.69, 9.17) is 0 Å². The van der Waals surface area contributed by atoms with Crippen molar-refractivity contribution in [1.82, 2.24) is 19.3 Å². The summed E-state index contributed by atoms with van der Waals surface area (Å²) in [6.45, 7) is 0. The molecule has 6 aromatic rings. The number of nitrogens with zero attached hydrogens (tertiary/aromatic N) is 5. The molecule has 0 amide bonds. The first kappa shape index (κ1) is 15.2. The lowest BCUT2D eigenvalue weighted by molar-refractivity contribution is 0.606. The number of imidazole rings is 2. The van der Waals surface area contributed by atoms with Crippen LogP contribution in [0.4, 0.5) is 10.1 Å². The van der Waals surface area contributed by atoms with E-state index in [0.29, 0.717) is 5.39 Å². The lowest BCUT2D eigenvalue weighted by Gasteiger charge is -2.27. The predicted octanol–water partition coefficient (Wildman–Crippen LogP) is 4.85. The molecule has 0 spiro atoms. The molecule has 0 aliphatic rings. The van der Waals surface area contributed by atoms with Crippen LogP contribution in [0.15, 0.2) is 86.0 Å². The first-order chi connectivity index (χ1) is 13.8. The quantitative estimate of drug-likeness (QED) is 0.420. The minimum absolute atomic E-state index is 0.201. The molecule has 4 aromatic carbocycles. The Balaban J connectivity index is 1.75. The molecule has 5 nitrogen and oxygen atoms in total. The third-order valence-electron chi connectivity index (χ3n) is 5.22. The van der Waals surface area contributed by atoms with Crippen LogP contribution in [0.5, 0.6) is 0 Å². The second kappa shape index (κ2) is 5.53. The Morgan fingerprint density at radius 2 is 1.25 bits per heavy atom. The lowest BCUT2D eigenvalue weighted by atomic mass is 9.93. The summed E-state index contributed by atoms with van der Waals surface area (Å²) in [5, 5.41) is 7.77. The lowest BCUT2D eigenvalue weighted by Crippen LogP contribution is -2.33. The molecule has 0 bridgehead atoms. The molecule has 0 fully saturated rings. The van der Waals surface area contributed by atoms with Crippen LogP contribution in [0.3, 0.4) is 0 Å². The van der Waals surface area contributed by atoms with Gasteiger partial charge in [-0.05, 0) is 28.3 Å². The van der Waals surface area contributed by atoms with Crippen molar-refractivity contribution in [2.24, 2.45) is 0 Å². The summed E-state index contributed by atoms with van der Waals surface area (Å²) in [5.41, 5.74) is 0.946. The number of aromatic nitrogens is 4. The molecule has 2 aromatic heterocycles. The van der Waals surface area contributed by atoms with Gasteiger partial charge >= 0.3 is 0 Å². The Kier molecular flexibility index (Phi) is 3.00. The van der Waals surface area contributed by atoms with Gasteiger partial charge in [0.25, 0.3) is 0 Å². The molecule has 134 valence electrons. The van der Waals surface area contributed by atoms with E-state index in [0.717, 1.165) is 32.6 Å². The fourth-order valence-electron chi connectivity index (χ4n) is 4.02. The topological polar surface area (TPSA) is 38.9 Å². The van der Waals surface area contributed by atoms with E-state index < -0.39 is 0 Å². The van der Waals surface area contributed by atoms with Gasteiger partial charge in [0.05, 0.1) is 5.69 Å². The summed E-state index contributed by atoms with van der Waals surface area (Å²) in [6.07, 6.45) is 10.7. The zero-order valence-corrected chi connectivity index (χ0v) is 14.7. The average Bonchev–Trinajstić information content (AvgIpc) is 3.43. The van der Waals surface area contributed by atoms with Crippen molar-refractivity contribution in [3.05, 3.63) is 91.8 Å². The molecule has 2 heterocycles. The summed E-state index contributed by atoms with van der Waals surface area (Å²) in [4.78, 5) is 8.38. The molecule has 0 aliphatic heterocycles. The van der Waals surface area contributed by atoms with Crippen LogP contribution in [0.1, 0.15) is 0 Å². The van der Waals surface area contributed by atoms with Crippen molar-refractivity contribution in [3.63, 3.8) is 0 Å². The summed E-state index contributed by atoms with van der Waals surface area (Å²) in [5.74, 6) is -0.201. The van der Waals surface area contributed by atoms with Gasteiger partial charge in [0, 0.05) is 40.9 Å². The molecule has 0 radical (unpaired) electrons. The standard InChI is InChI=1S/C22H14FN5/c23-19-7-3-15-2-6-18-20(8-4-16-1-5-17(19)21(15)22(16)18)28(26-11-9-24-13-26)27-12-10-25-14-27/h1-14H. The third-order valence-corrected chi connectivity index (χ3v) is 5.22. The van der Waals surface area contributed by atoms with E-state index >= 15 is 0 Å². The Hall–Kier alpha value is -3.93. The van der Waals surface area contributed by atoms with Gasteiger partial charge in [0.2, 0.25) is 0 Å². The van der Waals surface area contributed by atoms with Crippen LogP contribution in [0, 0.1) is 5.82 Å². The van der Waals surface area contributed by atoms with E-state index in [1.807, 2.05) is 51.1 Å². The van der Waals surface area contributed by atoms with Gasteiger partial charge in [-0.25, -0.2) is 23.7 Å². The molecule has 0 N–H and O–H groups in total. The molecular weight excluding hydrogens is 353 g/mol. The highest BCUT2D eigenvalue weighted by Gasteiger charge is 2.18. The Labute approximate surface area is 159 Å². The number of hydrogen-bond acceptors (Lipinski definition) is 3. The maximum Gasteiger partial charge on any atom is 0.131 e. The minimum atomic E-state index is -0.201. The fraction of sp³-hybridized carbons (Fsp3) is 0. The highest BCUT2D eigenvalue weighted by molar-refractivity contribution is 6.25. The third kappa shape index (κ3) is 2.00. The Bertz CT molecular complexity index is 1390. The number of benzene rings is 4. The van der Waals surface area contributed by atoms with Gasteiger partial charge < -0.3 is 0 Å². The largest absolute Gasteiger partial charge is 0.243 e. The second-order valence-corrected chi connectivity index (χ2v) is 6.73. The molecule has 28 heavy (non-hydrogen) atoms. The van der Waals surface area contributed by atoms with Crippen molar-refractivity contribution in [2.75, 3.05) is 5.12 Å². The maximum absolute atomic E-state index is 14.5. The number of halogens is 1. The van der Waals surface area contributed by atoms with E-state index in [1.54, 1.807) is 25.0 Å². The normalized spacial score (nSPS) is 11.8. The van der Waals surface area contributed by atoms with Crippen molar-refractivity contribution < 1.29 is 4.39 Å². The summed E-state index contributed by atoms with van der Waals surface area (Å²) < 4.78 is 18.3. The number of anilines is 1. The van der Waals surface area contributed by atoms with Crippen LogP contribution < -0.4 is 5.12 Å². The highest BCUT2D eigenvalue weighted by atomic mass is 19.1. The zero-order chi connectivity index (χ0) is 18.7. The van der Waals surface area contributed by atoms with Crippen molar-refractivity contribution >= 4 is 38.0 Å². The van der Waals surface area contributed by atoms with Crippen LogP contribution in [-0.2, 0) is 0 Å². The van der Waals surface area contributed by atoms with E-state index in [-0.39, 0.29) is 5.82 Å². The number of hydrogen-bond donors (Lipinski definition) is 0. The second-order valence-electron chi connectivity index (χ2n) is 6.73. The van der Waals surface area contributed by atoms with Gasteiger partial charge in [-0.1, -0.05) is 36.4 Å². The van der Waals surface area contributed by atoms with Gasteiger partial charge in [0.15, 0.2) is 0 Å². The molecule has 6 heteroatoms. The first-order valence-corrected chi connectivity index (χ1v) is 8.94. The Morgan fingerprint density at radius 3 is 1.89 bits per heavy atom. The average molecular weight is 367 g/mol. The minimum Gasteiger partial charge on any atom is -0.243 e. The zero-order valence-electron chi connectivity index (χ0n) is 14.7. The van der Waals surface area contributed by atoms with Crippen LogP contribution >= 0.6 is 0 Å². The van der Waals surface area contributed by atoms with E-state index in [1.165, 1.54) is 6.07 Å². The van der Waals surface area contributed by atoms with Crippen molar-refractivity contribution in [2.45, 2.75) is 0 Å². The smallest absolute Gasteiger partial charge is 0.131 e. The van der Waals surface area contributed by atoms with Crippen LogP contribution in [0.25, 0.3) is 32.3 Å². The van der Waals surface area contributed by atoms with Gasteiger partial charge in [-0.3, -0.25) is 0 Å². The van der Waals surface area contributed by atoms with E-state index in [2.05, 4.69) is 28.2 Å². The number of rotatable bonds is 3. The highest BCUT2D eigenvalue weighted by Crippen LogP contribution is 2.39. The van der Waals surface area contributed by atoms with Gasteiger partial charge in [0.1, 0.15) is 18.5 Å². The first-order valence-electron chi connectivity index (χ1n) is 8.94. The SMILES string of the molecule is Fc1ccc2ccc3c(N(n4ccnc4)n4ccnc4)ccc4ccc1c2c43. The Morgan fingerprint density at radius 1 is 0.679 bits per heavy atom. The van der Waals surface area contributed by atoms with Gasteiger partial charge in [-0.2, -0.15) is 5.12 Å². The van der Waals surface area contributed by atoms with Crippen LogP contribution in [0.2, 0.25) is 0 Å². The molecule has 0 saturated carbocycles. The van der Waals surface area contributed by atoms with Crippen molar-refractivity contribution in [3.8, 4) is 0 Å². The van der Waals surface area contributed by atoms with Gasteiger partial charge in [-0.15, -0.1) is 0 Å². The molecule has 6 rings (SSSR count). The summed E-state index contributed by atoms with van der Waals surface area (Å²) in [7, 11) is 0. The summed E-state index contributed by atoms with van der Waals surface area (Å²) >= 11 is 0. The monoisotopic (exact) mass is 367 g/mol. The molecule has 0 aliphatic carbocycles. The van der Waals surface area contributed by atoms with Crippen LogP contribution in [-0.4, -0.2) is 19.3 Å². The van der Waals surface area contributed by atoms with Crippen molar-refractivity contribution in [1.29, 1.82) is 0 Å². The molecular formula is C22H14FN5. The molecule has 0 unspecified atom stereocenters. The maximum atomic E-state index is 14.5.